The molecule has 0 spiro atoms. The molecule has 1 heterocycles. The summed E-state index contributed by atoms with van der Waals surface area (Å²) in [5.41, 5.74) is 3.12. The van der Waals surface area contributed by atoms with Gasteiger partial charge in [-0.1, -0.05) is 22.0 Å². The summed E-state index contributed by atoms with van der Waals surface area (Å²) in [6, 6.07) is 12.8. The summed E-state index contributed by atoms with van der Waals surface area (Å²) in [6.45, 7) is 0. The number of carbonyl (C=O) groups is 2. The lowest BCUT2D eigenvalue weighted by Crippen LogP contribution is -2.20. The molecule has 1 aliphatic rings. The van der Waals surface area contributed by atoms with Crippen LogP contribution in [-0.2, 0) is 11.2 Å². The number of aryl methyl sites for hydroxylation is 1. The Morgan fingerprint density at radius 2 is 2.00 bits per heavy atom. The molecule has 0 fully saturated rings. The van der Waals surface area contributed by atoms with Crippen molar-refractivity contribution < 1.29 is 9.59 Å². The van der Waals surface area contributed by atoms with Crippen LogP contribution in [0.4, 0.5) is 11.4 Å². The third kappa shape index (κ3) is 3.13. The van der Waals surface area contributed by atoms with Crippen LogP contribution in [0, 0.1) is 0 Å². The molecule has 0 saturated carbocycles. The molecule has 106 valence electrons. The number of carbonyl (C=O) groups excluding carboxylic acids is 2. The normalized spacial score (nSPS) is 13.3. The number of nitrogens with one attached hydrogen (secondary N) is 2. The predicted octanol–water partition coefficient (Wildman–Crippen LogP) is 3.59. The van der Waals surface area contributed by atoms with Crippen LogP contribution in [0.15, 0.2) is 46.9 Å². The van der Waals surface area contributed by atoms with E-state index in [1.54, 1.807) is 12.1 Å². The second-order valence-electron chi connectivity index (χ2n) is 4.88. The highest BCUT2D eigenvalue weighted by Gasteiger charge is 2.16. The van der Waals surface area contributed by atoms with Gasteiger partial charge in [0.2, 0.25) is 5.91 Å². The minimum Gasteiger partial charge on any atom is -0.326 e. The van der Waals surface area contributed by atoms with Crippen LogP contribution in [-0.4, -0.2) is 11.8 Å². The zero-order valence-electron chi connectivity index (χ0n) is 11.2. The molecule has 0 bridgehead atoms. The van der Waals surface area contributed by atoms with Crippen molar-refractivity contribution in [2.75, 3.05) is 10.6 Å². The van der Waals surface area contributed by atoms with Crippen LogP contribution < -0.4 is 10.6 Å². The molecular formula is C16H13BrN2O2. The summed E-state index contributed by atoms with van der Waals surface area (Å²) in [4.78, 5) is 23.6. The number of halogens is 1. The molecule has 2 aromatic carbocycles. The summed E-state index contributed by atoms with van der Waals surface area (Å²) in [5.74, 6) is -0.137. The number of hydrogen-bond acceptors (Lipinski definition) is 2. The molecular weight excluding hydrogens is 332 g/mol. The van der Waals surface area contributed by atoms with Crippen LogP contribution in [0.5, 0.6) is 0 Å². The molecule has 0 atom stereocenters. The standard InChI is InChI=1S/C16H13BrN2O2/c17-12-2-1-3-13(9-12)18-16(21)11-4-6-14-10(8-11)5-7-15(20)19-14/h1-4,6,8-9H,5,7H2,(H,18,21)(H,19,20). The van der Waals surface area contributed by atoms with Gasteiger partial charge >= 0.3 is 0 Å². The molecule has 5 heteroatoms. The van der Waals surface area contributed by atoms with Crippen LogP contribution >= 0.6 is 15.9 Å². The van der Waals surface area contributed by atoms with E-state index in [2.05, 4.69) is 26.6 Å². The Balaban J connectivity index is 1.81. The highest BCUT2D eigenvalue weighted by molar-refractivity contribution is 9.10. The molecule has 3 rings (SSSR count). The van der Waals surface area contributed by atoms with Crippen molar-refractivity contribution in [1.29, 1.82) is 0 Å². The average molecular weight is 345 g/mol. The number of hydrogen-bond donors (Lipinski definition) is 2. The second kappa shape index (κ2) is 5.69. The minimum absolute atomic E-state index is 0.0221. The molecule has 4 nitrogen and oxygen atoms in total. The maximum absolute atomic E-state index is 12.3. The highest BCUT2D eigenvalue weighted by atomic mass is 79.9. The van der Waals surface area contributed by atoms with Crippen LogP contribution in [0.1, 0.15) is 22.3 Å². The van der Waals surface area contributed by atoms with E-state index in [1.165, 1.54) is 0 Å². The summed E-state index contributed by atoms with van der Waals surface area (Å²) in [6.07, 6.45) is 1.13. The van der Waals surface area contributed by atoms with Gasteiger partial charge in [-0.15, -0.1) is 0 Å². The van der Waals surface area contributed by atoms with Crippen LogP contribution in [0.3, 0.4) is 0 Å². The zero-order chi connectivity index (χ0) is 14.8. The van der Waals surface area contributed by atoms with E-state index in [9.17, 15) is 9.59 Å². The molecule has 2 aromatic rings. The van der Waals surface area contributed by atoms with Crippen LogP contribution in [0.25, 0.3) is 0 Å². The molecule has 0 saturated heterocycles. The van der Waals surface area contributed by atoms with Gasteiger partial charge in [0.1, 0.15) is 0 Å². The Kier molecular flexibility index (Phi) is 3.75. The maximum Gasteiger partial charge on any atom is 0.255 e. The average Bonchev–Trinajstić information content (AvgIpc) is 2.46. The van der Waals surface area contributed by atoms with Crippen molar-refractivity contribution in [3.05, 3.63) is 58.1 Å². The predicted molar refractivity (Wildman–Crippen MR) is 85.5 cm³/mol. The highest BCUT2D eigenvalue weighted by Crippen LogP contribution is 2.24. The van der Waals surface area contributed by atoms with Gasteiger partial charge in [-0.3, -0.25) is 9.59 Å². The number of fused-ring (bicyclic) bond motifs is 1. The van der Waals surface area contributed by atoms with Gasteiger partial charge in [0.15, 0.2) is 0 Å². The van der Waals surface area contributed by atoms with E-state index in [0.717, 1.165) is 21.4 Å². The number of benzene rings is 2. The number of rotatable bonds is 2. The van der Waals surface area contributed by atoms with Crippen molar-refractivity contribution >= 4 is 39.1 Å². The van der Waals surface area contributed by atoms with Gasteiger partial charge in [-0.2, -0.15) is 0 Å². The van der Waals surface area contributed by atoms with Crippen molar-refractivity contribution in [1.82, 2.24) is 0 Å². The van der Waals surface area contributed by atoms with E-state index in [4.69, 9.17) is 0 Å². The van der Waals surface area contributed by atoms with Crippen molar-refractivity contribution in [3.63, 3.8) is 0 Å². The smallest absolute Gasteiger partial charge is 0.255 e. The molecule has 1 aliphatic heterocycles. The quantitative estimate of drug-likeness (QED) is 0.874. The summed E-state index contributed by atoms with van der Waals surface area (Å²) in [7, 11) is 0. The minimum atomic E-state index is -0.159. The summed E-state index contributed by atoms with van der Waals surface area (Å²) >= 11 is 3.37. The van der Waals surface area contributed by atoms with Gasteiger partial charge < -0.3 is 10.6 Å². The van der Waals surface area contributed by atoms with Gasteiger partial charge in [0, 0.05) is 27.8 Å². The Morgan fingerprint density at radius 1 is 1.14 bits per heavy atom. The van der Waals surface area contributed by atoms with E-state index >= 15 is 0 Å². The molecule has 0 radical (unpaired) electrons. The monoisotopic (exact) mass is 344 g/mol. The fraction of sp³-hybridized carbons (Fsp3) is 0.125. The van der Waals surface area contributed by atoms with E-state index in [0.29, 0.717) is 18.4 Å². The largest absolute Gasteiger partial charge is 0.326 e. The molecule has 21 heavy (non-hydrogen) atoms. The number of anilines is 2. The van der Waals surface area contributed by atoms with E-state index in [-0.39, 0.29) is 11.8 Å². The first kappa shape index (κ1) is 13.8. The van der Waals surface area contributed by atoms with Crippen LogP contribution in [0.2, 0.25) is 0 Å². The van der Waals surface area contributed by atoms with Gasteiger partial charge in [-0.05, 0) is 48.4 Å². The van der Waals surface area contributed by atoms with Crippen molar-refractivity contribution in [2.45, 2.75) is 12.8 Å². The topological polar surface area (TPSA) is 58.2 Å². The third-order valence-electron chi connectivity index (χ3n) is 3.35. The summed E-state index contributed by atoms with van der Waals surface area (Å²) < 4.78 is 0.911. The van der Waals surface area contributed by atoms with Gasteiger partial charge in [0.25, 0.3) is 5.91 Å². The fourth-order valence-electron chi connectivity index (χ4n) is 2.29. The van der Waals surface area contributed by atoms with Crippen molar-refractivity contribution in [2.24, 2.45) is 0 Å². The Bertz CT molecular complexity index is 728. The third-order valence-corrected chi connectivity index (χ3v) is 3.84. The molecule has 0 unspecified atom stereocenters. The van der Waals surface area contributed by atoms with Gasteiger partial charge in [-0.25, -0.2) is 0 Å². The maximum atomic E-state index is 12.3. The Labute approximate surface area is 130 Å². The Hall–Kier alpha value is -2.14. The first-order valence-electron chi connectivity index (χ1n) is 6.61. The molecule has 0 aliphatic carbocycles. The lowest BCUT2D eigenvalue weighted by molar-refractivity contribution is -0.116. The fourth-order valence-corrected chi connectivity index (χ4v) is 2.69. The SMILES string of the molecule is O=C1CCc2cc(C(=O)Nc3cccc(Br)c3)ccc2N1. The summed E-state index contributed by atoms with van der Waals surface area (Å²) in [5, 5.41) is 5.66. The molecule has 2 amide bonds. The number of amides is 2. The Morgan fingerprint density at radius 3 is 2.81 bits per heavy atom. The first-order valence-corrected chi connectivity index (χ1v) is 7.41. The van der Waals surface area contributed by atoms with Gasteiger partial charge in [0.05, 0.1) is 0 Å². The van der Waals surface area contributed by atoms with Crippen molar-refractivity contribution in [3.8, 4) is 0 Å². The molecule has 2 N–H and O–H groups in total. The lowest BCUT2D eigenvalue weighted by Gasteiger charge is -2.17. The van der Waals surface area contributed by atoms with E-state index in [1.807, 2.05) is 30.3 Å². The second-order valence-corrected chi connectivity index (χ2v) is 5.80. The zero-order valence-corrected chi connectivity index (χ0v) is 12.7. The van der Waals surface area contributed by atoms with E-state index < -0.39 is 0 Å². The lowest BCUT2D eigenvalue weighted by atomic mass is 10.00. The molecule has 0 aromatic heterocycles. The first-order chi connectivity index (χ1) is 10.1.